The van der Waals surface area contributed by atoms with E-state index in [-0.39, 0.29) is 16.8 Å². The number of anilines is 1. The van der Waals surface area contributed by atoms with Gasteiger partial charge in [-0.2, -0.15) is 31.4 Å². The number of hydrogen-bond donors (Lipinski definition) is 1. The highest BCUT2D eigenvalue weighted by Gasteiger charge is 2.31. The molecule has 0 unspecified atom stereocenters. The summed E-state index contributed by atoms with van der Waals surface area (Å²) in [6, 6.07) is 2.80. The van der Waals surface area contributed by atoms with E-state index in [4.69, 9.17) is 5.73 Å². The van der Waals surface area contributed by atoms with Gasteiger partial charge in [0.15, 0.2) is 0 Å². The van der Waals surface area contributed by atoms with Crippen LogP contribution in [0.25, 0.3) is 11.1 Å². The Hall–Kier alpha value is -2.19. The van der Waals surface area contributed by atoms with Crippen molar-refractivity contribution in [2.24, 2.45) is 0 Å². The van der Waals surface area contributed by atoms with E-state index in [2.05, 4.69) is 5.10 Å². The van der Waals surface area contributed by atoms with E-state index < -0.39 is 24.5 Å². The van der Waals surface area contributed by atoms with E-state index in [1.807, 2.05) is 0 Å². The molecule has 0 radical (unpaired) electrons. The van der Waals surface area contributed by atoms with Crippen LogP contribution in [-0.2, 0) is 12.7 Å². The van der Waals surface area contributed by atoms with Crippen molar-refractivity contribution in [1.29, 1.82) is 0 Å². The van der Waals surface area contributed by atoms with Crippen molar-refractivity contribution < 1.29 is 26.3 Å². The van der Waals surface area contributed by atoms with Gasteiger partial charge in [0, 0.05) is 17.4 Å². The fraction of sp³-hybridized carbons (Fsp3) is 0.250. The van der Waals surface area contributed by atoms with Crippen molar-refractivity contribution >= 4 is 5.69 Å². The number of alkyl halides is 6. The Bertz CT molecular complexity index is 641. The molecule has 9 heteroatoms. The van der Waals surface area contributed by atoms with Gasteiger partial charge in [-0.1, -0.05) is 0 Å². The van der Waals surface area contributed by atoms with E-state index >= 15 is 0 Å². The van der Waals surface area contributed by atoms with Crippen LogP contribution < -0.4 is 5.73 Å². The van der Waals surface area contributed by atoms with Crippen LogP contribution in [0.5, 0.6) is 0 Å². The van der Waals surface area contributed by atoms with Gasteiger partial charge in [0.1, 0.15) is 6.54 Å². The van der Waals surface area contributed by atoms with Crippen molar-refractivity contribution in [2.75, 3.05) is 5.73 Å². The van der Waals surface area contributed by atoms with Crippen molar-refractivity contribution in [3.05, 3.63) is 36.2 Å². The Morgan fingerprint density at radius 1 is 1.00 bits per heavy atom. The normalized spacial score (nSPS) is 12.7. The monoisotopic (exact) mass is 309 g/mol. The molecule has 0 aliphatic carbocycles. The molecule has 0 fully saturated rings. The van der Waals surface area contributed by atoms with Gasteiger partial charge in [-0.25, -0.2) is 0 Å². The van der Waals surface area contributed by atoms with Crippen LogP contribution in [0.15, 0.2) is 30.6 Å². The molecular formula is C12H9F6N3. The smallest absolute Gasteiger partial charge is 0.399 e. The lowest BCUT2D eigenvalue weighted by Crippen LogP contribution is -2.17. The second-order valence-electron chi connectivity index (χ2n) is 4.38. The van der Waals surface area contributed by atoms with Gasteiger partial charge in [-0.3, -0.25) is 4.68 Å². The summed E-state index contributed by atoms with van der Waals surface area (Å²) in [6.45, 7) is -1.32. The molecule has 3 nitrogen and oxygen atoms in total. The molecule has 0 amide bonds. The zero-order valence-corrected chi connectivity index (χ0v) is 10.3. The third kappa shape index (κ3) is 3.89. The summed E-state index contributed by atoms with van der Waals surface area (Å²) in [5.74, 6) is 0. The van der Waals surface area contributed by atoms with E-state index in [1.165, 1.54) is 6.07 Å². The van der Waals surface area contributed by atoms with Gasteiger partial charge in [0.2, 0.25) is 0 Å². The Morgan fingerprint density at radius 2 is 1.67 bits per heavy atom. The molecule has 0 spiro atoms. The second kappa shape index (κ2) is 4.97. The minimum Gasteiger partial charge on any atom is -0.399 e. The Morgan fingerprint density at radius 3 is 2.24 bits per heavy atom. The molecule has 1 aromatic carbocycles. The van der Waals surface area contributed by atoms with Gasteiger partial charge in [-0.15, -0.1) is 0 Å². The fourth-order valence-electron chi connectivity index (χ4n) is 1.76. The number of nitrogens with two attached hydrogens (primary N) is 1. The van der Waals surface area contributed by atoms with E-state index in [1.54, 1.807) is 0 Å². The summed E-state index contributed by atoms with van der Waals surface area (Å²) in [5, 5.41) is 3.47. The summed E-state index contributed by atoms with van der Waals surface area (Å²) in [6.07, 6.45) is -6.98. The van der Waals surface area contributed by atoms with Crippen molar-refractivity contribution in [1.82, 2.24) is 9.78 Å². The quantitative estimate of drug-likeness (QED) is 0.679. The minimum atomic E-state index is -4.59. The summed E-state index contributed by atoms with van der Waals surface area (Å²) in [4.78, 5) is 0. The van der Waals surface area contributed by atoms with E-state index in [9.17, 15) is 26.3 Å². The predicted molar refractivity (Wildman–Crippen MR) is 63.1 cm³/mol. The molecule has 0 atom stereocenters. The van der Waals surface area contributed by atoms with Gasteiger partial charge in [0.05, 0.1) is 11.8 Å². The molecule has 2 rings (SSSR count). The molecule has 21 heavy (non-hydrogen) atoms. The first-order valence-electron chi connectivity index (χ1n) is 5.62. The summed E-state index contributed by atoms with van der Waals surface area (Å²) in [7, 11) is 0. The number of rotatable bonds is 2. The molecule has 0 saturated heterocycles. The minimum absolute atomic E-state index is 0.0516. The maximum atomic E-state index is 12.7. The number of nitrogen functional groups attached to an aromatic ring is 1. The van der Waals surface area contributed by atoms with Gasteiger partial charge >= 0.3 is 12.4 Å². The molecule has 0 saturated carbocycles. The van der Waals surface area contributed by atoms with Crippen LogP contribution >= 0.6 is 0 Å². The summed E-state index contributed by atoms with van der Waals surface area (Å²) < 4.78 is 75.2. The van der Waals surface area contributed by atoms with Gasteiger partial charge in [0.25, 0.3) is 0 Å². The maximum absolute atomic E-state index is 12.7. The second-order valence-corrected chi connectivity index (χ2v) is 4.38. The lowest BCUT2D eigenvalue weighted by molar-refractivity contribution is -0.142. The zero-order chi connectivity index (χ0) is 15.8. The number of benzene rings is 1. The van der Waals surface area contributed by atoms with E-state index in [0.717, 1.165) is 24.5 Å². The first kappa shape index (κ1) is 15.2. The highest BCUT2D eigenvalue weighted by molar-refractivity contribution is 5.67. The Balaban J connectivity index is 2.37. The topological polar surface area (TPSA) is 43.8 Å². The van der Waals surface area contributed by atoms with Crippen molar-refractivity contribution in [3.8, 4) is 11.1 Å². The third-order valence-corrected chi connectivity index (χ3v) is 2.59. The number of hydrogen-bond acceptors (Lipinski definition) is 2. The van der Waals surface area contributed by atoms with Crippen LogP contribution in [0.3, 0.4) is 0 Å². The Labute approximate surface area is 115 Å². The highest BCUT2D eigenvalue weighted by Crippen LogP contribution is 2.34. The third-order valence-electron chi connectivity index (χ3n) is 2.59. The first-order valence-corrected chi connectivity index (χ1v) is 5.62. The van der Waals surface area contributed by atoms with E-state index in [0.29, 0.717) is 4.68 Å². The molecule has 0 bridgehead atoms. The predicted octanol–water partition coefficient (Wildman–Crippen LogP) is 3.71. The maximum Gasteiger partial charge on any atom is 0.416 e. The summed E-state index contributed by atoms with van der Waals surface area (Å²) >= 11 is 0. The first-order chi connectivity index (χ1) is 9.54. The van der Waals surface area contributed by atoms with Gasteiger partial charge < -0.3 is 5.73 Å². The van der Waals surface area contributed by atoms with Crippen LogP contribution in [0.1, 0.15) is 5.56 Å². The molecule has 2 N–H and O–H groups in total. The average molecular weight is 309 g/mol. The van der Waals surface area contributed by atoms with Crippen molar-refractivity contribution in [3.63, 3.8) is 0 Å². The SMILES string of the molecule is Nc1cc(-c2cnn(CC(F)(F)F)c2)cc(C(F)(F)F)c1. The average Bonchev–Trinajstić information content (AvgIpc) is 2.73. The zero-order valence-electron chi connectivity index (χ0n) is 10.3. The summed E-state index contributed by atoms with van der Waals surface area (Å²) in [5.41, 5.74) is 4.46. The lowest BCUT2D eigenvalue weighted by atomic mass is 10.0. The van der Waals surface area contributed by atoms with Crippen LogP contribution in [0.2, 0.25) is 0 Å². The van der Waals surface area contributed by atoms with Crippen LogP contribution in [0.4, 0.5) is 32.0 Å². The highest BCUT2D eigenvalue weighted by atomic mass is 19.4. The number of nitrogens with zero attached hydrogens (tertiary/aromatic N) is 2. The van der Waals surface area contributed by atoms with Crippen LogP contribution in [0, 0.1) is 0 Å². The largest absolute Gasteiger partial charge is 0.416 e. The number of halogens is 6. The molecule has 0 aliphatic rings. The standard InChI is InChI=1S/C12H9F6N3/c13-11(14,15)6-21-5-8(4-20-21)7-1-9(12(16,17)18)3-10(19)2-7/h1-5H,6,19H2. The molecular weight excluding hydrogens is 300 g/mol. The molecule has 1 aromatic heterocycles. The molecule has 1 heterocycles. The fourth-order valence-corrected chi connectivity index (χ4v) is 1.76. The Kier molecular flexibility index (Phi) is 3.60. The van der Waals surface area contributed by atoms with Crippen LogP contribution in [-0.4, -0.2) is 16.0 Å². The molecule has 114 valence electrons. The lowest BCUT2D eigenvalue weighted by Gasteiger charge is -2.09. The van der Waals surface area contributed by atoms with Gasteiger partial charge in [-0.05, 0) is 23.8 Å². The molecule has 0 aliphatic heterocycles. The van der Waals surface area contributed by atoms with Crippen molar-refractivity contribution in [2.45, 2.75) is 18.9 Å². The molecule has 2 aromatic rings. The number of aromatic nitrogens is 2.